The molecule has 0 aliphatic rings. The van der Waals surface area contributed by atoms with Crippen LogP contribution in [0.5, 0.6) is 0 Å². The molecule has 1 unspecified atom stereocenters. The minimum Gasteiger partial charge on any atom is -0.393 e. The van der Waals surface area contributed by atoms with Crippen molar-refractivity contribution in [2.45, 2.75) is 25.9 Å². The van der Waals surface area contributed by atoms with Crippen molar-refractivity contribution >= 4 is 21.4 Å². The monoisotopic (exact) mass is 206 g/mol. The number of aliphatic hydroxyl groups excluding tert-OH is 1. The summed E-state index contributed by atoms with van der Waals surface area (Å²) in [6, 6.07) is 10.6. The highest BCUT2D eigenvalue weighted by molar-refractivity contribution is 7.19. The molecule has 0 aliphatic carbocycles. The smallest absolute Gasteiger partial charge is 0.0515 e. The van der Waals surface area contributed by atoms with E-state index in [0.29, 0.717) is 0 Å². The topological polar surface area (TPSA) is 20.2 Å². The lowest BCUT2D eigenvalue weighted by molar-refractivity contribution is 0.185. The number of aryl methyl sites for hydroxylation is 1. The van der Waals surface area contributed by atoms with Crippen molar-refractivity contribution in [3.63, 3.8) is 0 Å². The van der Waals surface area contributed by atoms with Gasteiger partial charge < -0.3 is 5.11 Å². The first-order valence-electron chi connectivity index (χ1n) is 4.91. The van der Waals surface area contributed by atoms with Gasteiger partial charge in [-0.05, 0) is 37.3 Å². The Kier molecular flexibility index (Phi) is 2.85. The average Bonchev–Trinajstić information content (AvgIpc) is 2.57. The van der Waals surface area contributed by atoms with Crippen LogP contribution < -0.4 is 0 Å². The van der Waals surface area contributed by atoms with Crippen molar-refractivity contribution in [1.82, 2.24) is 0 Å². The first-order valence-corrected chi connectivity index (χ1v) is 5.73. The minimum absolute atomic E-state index is 0.194. The van der Waals surface area contributed by atoms with Gasteiger partial charge in [0.2, 0.25) is 0 Å². The lowest BCUT2D eigenvalue weighted by Crippen LogP contribution is -1.99. The molecule has 1 heterocycles. The molecule has 0 radical (unpaired) electrons. The molecule has 14 heavy (non-hydrogen) atoms. The van der Waals surface area contributed by atoms with E-state index in [9.17, 15) is 5.11 Å². The maximum absolute atomic E-state index is 9.19. The number of aliphatic hydroxyl groups is 1. The molecule has 1 N–H and O–H groups in total. The minimum atomic E-state index is -0.194. The molecule has 2 heteroatoms. The number of thiophene rings is 1. The highest BCUT2D eigenvalue weighted by Crippen LogP contribution is 2.26. The van der Waals surface area contributed by atoms with E-state index in [1.807, 2.05) is 18.3 Å². The Balaban J connectivity index is 2.19. The van der Waals surface area contributed by atoms with Crippen LogP contribution in [0, 0.1) is 0 Å². The van der Waals surface area contributed by atoms with Crippen molar-refractivity contribution in [3.8, 4) is 0 Å². The third-order valence-corrected chi connectivity index (χ3v) is 3.46. The second kappa shape index (κ2) is 4.11. The van der Waals surface area contributed by atoms with Gasteiger partial charge in [-0.15, -0.1) is 11.3 Å². The summed E-state index contributed by atoms with van der Waals surface area (Å²) in [4.78, 5) is 1.37. The van der Waals surface area contributed by atoms with E-state index in [1.54, 1.807) is 0 Å². The summed E-state index contributed by atoms with van der Waals surface area (Å²) in [5.74, 6) is 0. The fourth-order valence-electron chi connectivity index (χ4n) is 1.51. The molecule has 0 aliphatic heterocycles. The van der Waals surface area contributed by atoms with Crippen LogP contribution in [0.15, 0.2) is 30.3 Å². The fraction of sp³-hybridized carbons (Fsp3) is 0.333. The lowest BCUT2D eigenvalue weighted by atomic mass is 10.2. The molecule has 1 atom stereocenters. The van der Waals surface area contributed by atoms with Crippen molar-refractivity contribution in [2.24, 2.45) is 0 Å². The Bertz CT molecular complexity index is 384. The molecular formula is C12H14OS. The van der Waals surface area contributed by atoms with Crippen molar-refractivity contribution in [3.05, 3.63) is 35.2 Å². The maximum Gasteiger partial charge on any atom is 0.0515 e. The molecule has 0 fully saturated rings. The van der Waals surface area contributed by atoms with Crippen LogP contribution >= 0.6 is 11.3 Å². The summed E-state index contributed by atoms with van der Waals surface area (Å²) in [7, 11) is 0. The van der Waals surface area contributed by atoms with Crippen LogP contribution in [0.2, 0.25) is 0 Å². The Hall–Kier alpha value is -0.860. The van der Waals surface area contributed by atoms with Crippen LogP contribution in [-0.2, 0) is 6.42 Å². The normalized spacial score (nSPS) is 13.3. The second-order valence-electron chi connectivity index (χ2n) is 3.64. The molecule has 74 valence electrons. The van der Waals surface area contributed by atoms with E-state index in [4.69, 9.17) is 0 Å². The van der Waals surface area contributed by atoms with Crippen LogP contribution in [0.25, 0.3) is 10.1 Å². The van der Waals surface area contributed by atoms with Gasteiger partial charge in [0.25, 0.3) is 0 Å². The number of benzene rings is 1. The number of hydrogen-bond donors (Lipinski definition) is 1. The summed E-state index contributed by atoms with van der Waals surface area (Å²) in [5.41, 5.74) is 0. The standard InChI is InChI=1S/C12H14OS/c1-9(13)6-7-11-8-10-4-2-3-5-12(10)14-11/h2-5,8-9,13H,6-7H2,1H3. The third kappa shape index (κ3) is 2.14. The molecule has 2 rings (SSSR count). The molecular weight excluding hydrogens is 192 g/mol. The summed E-state index contributed by atoms with van der Waals surface area (Å²) in [6.07, 6.45) is 1.64. The molecule has 0 saturated heterocycles. The first-order chi connectivity index (χ1) is 6.75. The molecule has 0 saturated carbocycles. The Morgan fingerprint density at radius 2 is 2.14 bits per heavy atom. The Labute approximate surface area is 88.0 Å². The van der Waals surface area contributed by atoms with Crippen LogP contribution in [0.1, 0.15) is 18.2 Å². The van der Waals surface area contributed by atoms with Crippen molar-refractivity contribution < 1.29 is 5.11 Å². The second-order valence-corrected chi connectivity index (χ2v) is 4.81. The average molecular weight is 206 g/mol. The summed E-state index contributed by atoms with van der Waals surface area (Å²) in [6.45, 7) is 1.84. The van der Waals surface area contributed by atoms with Gasteiger partial charge in [0.05, 0.1) is 6.10 Å². The number of fused-ring (bicyclic) bond motifs is 1. The van der Waals surface area contributed by atoms with Gasteiger partial charge in [0.15, 0.2) is 0 Å². The number of rotatable bonds is 3. The molecule has 0 spiro atoms. The molecule has 1 aromatic carbocycles. The van der Waals surface area contributed by atoms with E-state index >= 15 is 0 Å². The van der Waals surface area contributed by atoms with Gasteiger partial charge in [0, 0.05) is 9.58 Å². The number of hydrogen-bond acceptors (Lipinski definition) is 2. The summed E-state index contributed by atoms with van der Waals surface area (Å²) < 4.78 is 1.34. The lowest BCUT2D eigenvalue weighted by Gasteiger charge is -2.00. The molecule has 2 aromatic rings. The third-order valence-electron chi connectivity index (χ3n) is 2.29. The van der Waals surface area contributed by atoms with Crippen molar-refractivity contribution in [1.29, 1.82) is 0 Å². The van der Waals surface area contributed by atoms with Gasteiger partial charge >= 0.3 is 0 Å². The van der Waals surface area contributed by atoms with Gasteiger partial charge in [0.1, 0.15) is 0 Å². The maximum atomic E-state index is 9.19. The summed E-state index contributed by atoms with van der Waals surface area (Å²) in [5, 5.41) is 10.5. The Morgan fingerprint density at radius 3 is 2.86 bits per heavy atom. The first kappa shape index (κ1) is 9.69. The van der Waals surface area contributed by atoms with Gasteiger partial charge in [-0.2, -0.15) is 0 Å². The van der Waals surface area contributed by atoms with E-state index in [0.717, 1.165) is 12.8 Å². The SMILES string of the molecule is CC(O)CCc1cc2ccccc2s1. The zero-order valence-corrected chi connectivity index (χ0v) is 9.05. The van der Waals surface area contributed by atoms with Crippen LogP contribution in [0.3, 0.4) is 0 Å². The van der Waals surface area contributed by atoms with Crippen LogP contribution in [-0.4, -0.2) is 11.2 Å². The van der Waals surface area contributed by atoms with Gasteiger partial charge in [-0.3, -0.25) is 0 Å². The van der Waals surface area contributed by atoms with E-state index in [-0.39, 0.29) is 6.10 Å². The highest BCUT2D eigenvalue weighted by Gasteiger charge is 2.02. The molecule has 0 amide bonds. The fourth-order valence-corrected chi connectivity index (χ4v) is 2.59. The van der Waals surface area contributed by atoms with Crippen LogP contribution in [0.4, 0.5) is 0 Å². The quantitative estimate of drug-likeness (QED) is 0.817. The summed E-state index contributed by atoms with van der Waals surface area (Å²) >= 11 is 1.83. The van der Waals surface area contributed by atoms with E-state index in [2.05, 4.69) is 30.3 Å². The predicted molar refractivity (Wildman–Crippen MR) is 61.8 cm³/mol. The van der Waals surface area contributed by atoms with E-state index < -0.39 is 0 Å². The molecule has 1 nitrogen and oxygen atoms in total. The van der Waals surface area contributed by atoms with Gasteiger partial charge in [-0.25, -0.2) is 0 Å². The largest absolute Gasteiger partial charge is 0.393 e. The Morgan fingerprint density at radius 1 is 1.36 bits per heavy atom. The zero-order valence-electron chi connectivity index (χ0n) is 8.23. The predicted octanol–water partition coefficient (Wildman–Crippen LogP) is 3.21. The zero-order chi connectivity index (χ0) is 9.97. The van der Waals surface area contributed by atoms with Gasteiger partial charge in [-0.1, -0.05) is 18.2 Å². The molecule has 0 bridgehead atoms. The molecule has 1 aromatic heterocycles. The van der Waals surface area contributed by atoms with Crippen molar-refractivity contribution in [2.75, 3.05) is 0 Å². The highest BCUT2D eigenvalue weighted by atomic mass is 32.1. The van der Waals surface area contributed by atoms with E-state index in [1.165, 1.54) is 15.0 Å².